The van der Waals surface area contributed by atoms with Crippen LogP contribution in [0.3, 0.4) is 0 Å². The van der Waals surface area contributed by atoms with E-state index in [1.165, 1.54) is 24.8 Å². The van der Waals surface area contributed by atoms with Gasteiger partial charge in [-0.2, -0.15) is 0 Å². The number of rotatable bonds is 8. The lowest BCUT2D eigenvalue weighted by atomic mass is 10.0. The monoisotopic (exact) mass is 385 g/mol. The Bertz CT molecular complexity index is 848. The van der Waals surface area contributed by atoms with Gasteiger partial charge in [0.1, 0.15) is 0 Å². The van der Waals surface area contributed by atoms with E-state index < -0.39 is 5.97 Å². The van der Waals surface area contributed by atoms with E-state index in [0.29, 0.717) is 24.3 Å². The molecule has 2 rings (SSSR count). The summed E-state index contributed by atoms with van der Waals surface area (Å²) in [6.45, 7) is 3.47. The Morgan fingerprint density at radius 2 is 1.78 bits per heavy atom. The summed E-state index contributed by atoms with van der Waals surface area (Å²) in [5, 5.41) is 12.0. The van der Waals surface area contributed by atoms with Crippen molar-refractivity contribution in [1.29, 1.82) is 0 Å². The second-order valence-corrected chi connectivity index (χ2v) is 7.33. The van der Waals surface area contributed by atoms with Crippen molar-refractivity contribution in [3.05, 3.63) is 64.7 Å². The number of thioether (sulfide) groups is 1. The summed E-state index contributed by atoms with van der Waals surface area (Å²) in [5.74, 6) is -0.598. The van der Waals surface area contributed by atoms with Crippen molar-refractivity contribution in [3.8, 4) is 0 Å². The Labute approximate surface area is 163 Å². The summed E-state index contributed by atoms with van der Waals surface area (Å²) in [7, 11) is 0. The molecule has 142 valence electrons. The van der Waals surface area contributed by atoms with Crippen LogP contribution < -0.4 is 5.32 Å². The molecule has 0 fully saturated rings. The Kier molecular flexibility index (Phi) is 7.61. The fourth-order valence-corrected chi connectivity index (χ4v) is 3.33. The minimum atomic E-state index is -1.02. The highest BCUT2D eigenvalue weighted by Gasteiger charge is 2.10. The minimum Gasteiger partial charge on any atom is -0.478 e. The first-order chi connectivity index (χ1) is 12.9. The quantitative estimate of drug-likeness (QED) is 0.708. The number of hydrogen-bond acceptors (Lipinski definition) is 4. The molecule has 0 spiro atoms. The molecular weight excluding hydrogens is 362 g/mol. The Morgan fingerprint density at radius 3 is 2.41 bits per heavy atom. The van der Waals surface area contributed by atoms with Gasteiger partial charge in [0.15, 0.2) is 5.12 Å². The molecule has 0 heterocycles. The Morgan fingerprint density at radius 1 is 1.07 bits per heavy atom. The molecule has 2 N–H and O–H groups in total. The van der Waals surface area contributed by atoms with Crippen molar-refractivity contribution < 1.29 is 19.5 Å². The summed E-state index contributed by atoms with van der Waals surface area (Å²) in [5.41, 5.74) is 3.60. The van der Waals surface area contributed by atoms with Gasteiger partial charge < -0.3 is 10.4 Å². The molecule has 0 radical (unpaired) electrons. The van der Waals surface area contributed by atoms with Gasteiger partial charge >= 0.3 is 5.97 Å². The van der Waals surface area contributed by atoms with Gasteiger partial charge in [0.2, 0.25) is 5.91 Å². The van der Waals surface area contributed by atoms with Crippen LogP contribution in [0.2, 0.25) is 0 Å². The summed E-state index contributed by atoms with van der Waals surface area (Å²) >= 11 is 1.25. The van der Waals surface area contributed by atoms with E-state index in [9.17, 15) is 19.5 Å². The maximum Gasteiger partial charge on any atom is 0.335 e. The maximum absolute atomic E-state index is 12.3. The Hall–Kier alpha value is -2.60. The fourth-order valence-electron chi connectivity index (χ4n) is 2.69. The molecule has 0 unspecified atom stereocenters. The van der Waals surface area contributed by atoms with Crippen molar-refractivity contribution in [2.75, 3.05) is 5.32 Å². The summed E-state index contributed by atoms with van der Waals surface area (Å²) in [6.07, 6.45) is 1.52. The van der Waals surface area contributed by atoms with Crippen molar-refractivity contribution >= 4 is 34.4 Å². The molecule has 5 nitrogen and oxygen atoms in total. The van der Waals surface area contributed by atoms with Gasteiger partial charge in [0, 0.05) is 24.8 Å². The van der Waals surface area contributed by atoms with Gasteiger partial charge in [-0.15, -0.1) is 0 Å². The zero-order chi connectivity index (χ0) is 19.8. The topological polar surface area (TPSA) is 83.5 Å². The highest BCUT2D eigenvalue weighted by Crippen LogP contribution is 2.20. The van der Waals surface area contributed by atoms with Gasteiger partial charge in [-0.1, -0.05) is 43.0 Å². The maximum atomic E-state index is 12.3. The predicted octanol–water partition coefficient (Wildman–Crippen LogP) is 4.30. The van der Waals surface area contributed by atoms with Crippen molar-refractivity contribution in [2.45, 2.75) is 38.9 Å². The average Bonchev–Trinajstić information content (AvgIpc) is 2.64. The summed E-state index contributed by atoms with van der Waals surface area (Å²) in [4.78, 5) is 34.7. The molecule has 0 bridgehead atoms. The number of carbonyl (C=O) groups excluding carboxylic acids is 2. The van der Waals surface area contributed by atoms with Crippen LogP contribution >= 0.6 is 11.8 Å². The van der Waals surface area contributed by atoms with Gasteiger partial charge in [-0.05, 0) is 47.7 Å². The molecule has 2 aromatic carbocycles. The first kappa shape index (κ1) is 20.7. The van der Waals surface area contributed by atoms with E-state index >= 15 is 0 Å². The summed E-state index contributed by atoms with van der Waals surface area (Å²) in [6, 6.07) is 12.6. The van der Waals surface area contributed by atoms with Crippen molar-refractivity contribution in [3.63, 3.8) is 0 Å². The normalized spacial score (nSPS) is 10.4. The fraction of sp³-hybridized carbons (Fsp3) is 0.286. The molecule has 0 atom stereocenters. The third-order valence-electron chi connectivity index (χ3n) is 4.10. The van der Waals surface area contributed by atoms with E-state index in [1.807, 2.05) is 31.2 Å². The van der Waals surface area contributed by atoms with E-state index in [1.54, 1.807) is 12.1 Å². The lowest BCUT2D eigenvalue weighted by molar-refractivity contribution is -0.116. The number of aryl methyl sites for hydroxylation is 2. The number of carboxylic acids is 1. The number of anilines is 1. The Balaban J connectivity index is 2.02. The van der Waals surface area contributed by atoms with Crippen LogP contribution in [-0.2, 0) is 28.2 Å². The predicted molar refractivity (Wildman–Crippen MR) is 108 cm³/mol. The number of nitrogens with one attached hydrogen (secondary N) is 1. The molecular formula is C21H23NO4S. The number of aromatic carboxylic acids is 1. The zero-order valence-corrected chi connectivity index (χ0v) is 16.3. The zero-order valence-electron chi connectivity index (χ0n) is 15.5. The van der Waals surface area contributed by atoms with Crippen LogP contribution in [0.1, 0.15) is 47.3 Å². The van der Waals surface area contributed by atoms with E-state index in [2.05, 4.69) is 5.32 Å². The molecule has 27 heavy (non-hydrogen) atoms. The third-order valence-corrected chi connectivity index (χ3v) is 4.96. The second-order valence-electron chi connectivity index (χ2n) is 6.17. The largest absolute Gasteiger partial charge is 0.478 e. The lowest BCUT2D eigenvalue weighted by Crippen LogP contribution is -2.13. The number of hydrogen-bond donors (Lipinski definition) is 2. The average molecular weight is 385 g/mol. The van der Waals surface area contributed by atoms with Crippen LogP contribution in [0.25, 0.3) is 0 Å². The summed E-state index contributed by atoms with van der Waals surface area (Å²) < 4.78 is 0. The smallest absolute Gasteiger partial charge is 0.335 e. The standard InChI is InChI=1S/C21H23NO4S/c1-3-15-10-18(21(25)26)12-19(11-15)22-20(24)9-8-16-6-4-5-7-17(16)13-27-14(2)23/h4-7,10-12H,3,8-9,13H2,1-2H3,(H,22,24)(H,25,26). The first-order valence-corrected chi connectivity index (χ1v) is 9.75. The van der Waals surface area contributed by atoms with Crippen LogP contribution in [-0.4, -0.2) is 22.1 Å². The highest BCUT2D eigenvalue weighted by molar-refractivity contribution is 8.12. The number of amides is 1. The van der Waals surface area contributed by atoms with E-state index in [-0.39, 0.29) is 23.0 Å². The molecule has 0 aliphatic heterocycles. The van der Waals surface area contributed by atoms with Crippen LogP contribution in [0.15, 0.2) is 42.5 Å². The number of carboxylic acid groups (broad SMARTS) is 1. The van der Waals surface area contributed by atoms with Crippen LogP contribution in [0.5, 0.6) is 0 Å². The highest BCUT2D eigenvalue weighted by atomic mass is 32.2. The third kappa shape index (κ3) is 6.57. The van der Waals surface area contributed by atoms with Gasteiger partial charge in [-0.25, -0.2) is 4.79 Å². The molecule has 0 saturated carbocycles. The van der Waals surface area contributed by atoms with E-state index in [4.69, 9.17) is 0 Å². The second kappa shape index (κ2) is 9.92. The van der Waals surface area contributed by atoms with Crippen molar-refractivity contribution in [2.24, 2.45) is 0 Å². The molecule has 0 aliphatic carbocycles. The molecule has 0 saturated heterocycles. The van der Waals surface area contributed by atoms with Gasteiger partial charge in [0.05, 0.1) is 5.56 Å². The van der Waals surface area contributed by atoms with E-state index in [0.717, 1.165) is 16.7 Å². The first-order valence-electron chi connectivity index (χ1n) is 8.76. The SMILES string of the molecule is CCc1cc(NC(=O)CCc2ccccc2CSC(C)=O)cc(C(=O)O)c1. The lowest BCUT2D eigenvalue weighted by Gasteiger charge is -2.10. The van der Waals surface area contributed by atoms with Crippen LogP contribution in [0, 0.1) is 0 Å². The molecule has 1 amide bonds. The van der Waals surface area contributed by atoms with Crippen molar-refractivity contribution in [1.82, 2.24) is 0 Å². The van der Waals surface area contributed by atoms with Gasteiger partial charge in [-0.3, -0.25) is 9.59 Å². The minimum absolute atomic E-state index is 0.0626. The van der Waals surface area contributed by atoms with Crippen LogP contribution in [0.4, 0.5) is 5.69 Å². The molecule has 2 aromatic rings. The number of benzene rings is 2. The van der Waals surface area contributed by atoms with Gasteiger partial charge in [0.25, 0.3) is 0 Å². The number of carbonyl (C=O) groups is 3. The molecule has 0 aromatic heterocycles. The molecule has 6 heteroatoms. The molecule has 0 aliphatic rings.